The fourth-order valence-corrected chi connectivity index (χ4v) is 3.78. The van der Waals surface area contributed by atoms with Crippen LogP contribution in [0.3, 0.4) is 0 Å². The van der Waals surface area contributed by atoms with Gasteiger partial charge in [-0.15, -0.1) is 0 Å². The van der Waals surface area contributed by atoms with Crippen LogP contribution in [-0.2, 0) is 0 Å². The Morgan fingerprint density at radius 2 is 1.64 bits per heavy atom. The zero-order chi connectivity index (χ0) is 19.7. The number of hydrogen-bond acceptors (Lipinski definition) is 3. The van der Waals surface area contributed by atoms with E-state index in [1.165, 1.54) is 12.1 Å². The minimum Gasteiger partial charge on any atom is -0.451 e. The number of furan rings is 1. The van der Waals surface area contributed by atoms with Gasteiger partial charge in [-0.3, -0.25) is 9.59 Å². The van der Waals surface area contributed by atoms with Gasteiger partial charge in [0.25, 0.3) is 11.8 Å². The molecule has 0 bridgehead atoms. The Morgan fingerprint density at radius 3 is 2.39 bits per heavy atom. The zero-order valence-electron chi connectivity index (χ0n) is 15.0. The molecule has 0 aliphatic carbocycles. The first-order valence-electron chi connectivity index (χ1n) is 9.05. The predicted molar refractivity (Wildman–Crippen MR) is 107 cm³/mol. The summed E-state index contributed by atoms with van der Waals surface area (Å²) < 4.78 is 20.5. The van der Waals surface area contributed by atoms with Crippen LogP contribution in [0, 0.1) is 5.82 Å². The highest BCUT2D eigenvalue weighted by Gasteiger charge is 2.26. The Morgan fingerprint density at radius 1 is 0.929 bits per heavy atom. The zero-order valence-corrected chi connectivity index (χ0v) is 16.6. The van der Waals surface area contributed by atoms with Gasteiger partial charge in [-0.2, -0.15) is 0 Å². The Balaban J connectivity index is 1.48. The quantitative estimate of drug-likeness (QED) is 0.591. The molecule has 0 spiro atoms. The van der Waals surface area contributed by atoms with Crippen LogP contribution in [0.4, 0.5) is 4.39 Å². The lowest BCUT2D eigenvalue weighted by atomic mass is 10.2. The van der Waals surface area contributed by atoms with E-state index < -0.39 is 5.82 Å². The number of rotatable bonds is 2. The van der Waals surface area contributed by atoms with E-state index in [0.29, 0.717) is 38.2 Å². The number of nitrogens with zero attached hydrogens (tertiary/aromatic N) is 2. The van der Waals surface area contributed by atoms with Crippen LogP contribution in [0.2, 0.25) is 0 Å². The molecule has 5 nitrogen and oxygen atoms in total. The molecule has 1 aliphatic heterocycles. The predicted octanol–water partition coefficient (Wildman–Crippen LogP) is 4.32. The molecule has 2 heterocycles. The number of benzene rings is 2. The van der Waals surface area contributed by atoms with E-state index in [9.17, 15) is 14.0 Å². The number of carbonyl (C=O) groups excluding carboxylic acids is 2. The molecule has 0 N–H and O–H groups in total. The maximum atomic E-state index is 13.9. The summed E-state index contributed by atoms with van der Waals surface area (Å²) in [5.74, 6) is -0.798. The largest absolute Gasteiger partial charge is 0.451 e. The standard InChI is InChI=1S/C21H18BrFN2O3/c22-15-6-7-18-14(12-15)13-19(28-18)21(27)25-9-3-8-24(10-11-25)20(26)16-4-1-2-5-17(16)23/h1-2,4-7,12-13H,3,8-11H2. The van der Waals surface area contributed by atoms with Crippen molar-refractivity contribution in [1.29, 1.82) is 0 Å². The topological polar surface area (TPSA) is 53.8 Å². The van der Waals surface area contributed by atoms with E-state index in [1.807, 2.05) is 18.2 Å². The number of amides is 2. The summed E-state index contributed by atoms with van der Waals surface area (Å²) in [6.45, 7) is 1.72. The summed E-state index contributed by atoms with van der Waals surface area (Å²) in [6, 6.07) is 13.3. The lowest BCUT2D eigenvalue weighted by Crippen LogP contribution is -2.37. The van der Waals surface area contributed by atoms with Crippen molar-refractivity contribution in [2.45, 2.75) is 6.42 Å². The summed E-state index contributed by atoms with van der Waals surface area (Å²) in [4.78, 5) is 28.8. The molecule has 28 heavy (non-hydrogen) atoms. The molecule has 3 aromatic rings. The smallest absolute Gasteiger partial charge is 0.289 e. The van der Waals surface area contributed by atoms with Crippen molar-refractivity contribution in [3.63, 3.8) is 0 Å². The molecule has 2 amide bonds. The van der Waals surface area contributed by atoms with Gasteiger partial charge in [0.15, 0.2) is 5.76 Å². The fourth-order valence-electron chi connectivity index (χ4n) is 3.40. The minimum absolute atomic E-state index is 0.0603. The van der Waals surface area contributed by atoms with Crippen LogP contribution >= 0.6 is 15.9 Å². The average Bonchev–Trinajstić information content (AvgIpc) is 2.95. The third kappa shape index (κ3) is 3.67. The average molecular weight is 445 g/mol. The molecule has 1 fully saturated rings. The molecular formula is C21H18BrFN2O3. The second-order valence-electron chi connectivity index (χ2n) is 6.71. The van der Waals surface area contributed by atoms with Crippen LogP contribution in [-0.4, -0.2) is 47.8 Å². The Labute approximate surface area is 169 Å². The first-order valence-corrected chi connectivity index (χ1v) is 9.84. The van der Waals surface area contributed by atoms with Crippen molar-refractivity contribution in [3.8, 4) is 0 Å². The van der Waals surface area contributed by atoms with Gasteiger partial charge >= 0.3 is 0 Å². The van der Waals surface area contributed by atoms with Crippen LogP contribution in [0.1, 0.15) is 27.3 Å². The van der Waals surface area contributed by atoms with Crippen molar-refractivity contribution in [3.05, 3.63) is 70.1 Å². The highest BCUT2D eigenvalue weighted by atomic mass is 79.9. The summed E-state index contributed by atoms with van der Waals surface area (Å²) >= 11 is 3.41. The maximum Gasteiger partial charge on any atom is 0.289 e. The lowest BCUT2D eigenvalue weighted by Gasteiger charge is -2.22. The van der Waals surface area contributed by atoms with Gasteiger partial charge in [0.1, 0.15) is 11.4 Å². The van der Waals surface area contributed by atoms with Gasteiger partial charge in [-0.05, 0) is 42.8 Å². The van der Waals surface area contributed by atoms with Crippen LogP contribution in [0.25, 0.3) is 11.0 Å². The van der Waals surface area contributed by atoms with Crippen LogP contribution in [0.5, 0.6) is 0 Å². The number of halogens is 2. The molecule has 1 aliphatic rings. The fraction of sp³-hybridized carbons (Fsp3) is 0.238. The Bertz CT molecular complexity index is 1050. The molecule has 1 aromatic heterocycles. The molecule has 0 radical (unpaired) electrons. The van der Waals surface area contributed by atoms with E-state index in [0.717, 1.165) is 9.86 Å². The first kappa shape index (κ1) is 18.7. The van der Waals surface area contributed by atoms with Crippen molar-refractivity contribution < 1.29 is 18.4 Å². The third-order valence-electron chi connectivity index (χ3n) is 4.86. The molecule has 0 atom stereocenters. The summed E-state index contributed by atoms with van der Waals surface area (Å²) in [6.07, 6.45) is 0.623. The van der Waals surface area contributed by atoms with Gasteiger partial charge in [0.05, 0.1) is 5.56 Å². The SMILES string of the molecule is O=C(c1cc2cc(Br)ccc2o1)N1CCCN(C(=O)c2ccccc2F)CC1. The Kier molecular flexibility index (Phi) is 5.17. The Hall–Kier alpha value is -2.67. The van der Waals surface area contributed by atoms with Gasteiger partial charge < -0.3 is 14.2 Å². The second kappa shape index (κ2) is 7.75. The highest BCUT2D eigenvalue weighted by Crippen LogP contribution is 2.24. The molecular weight excluding hydrogens is 427 g/mol. The lowest BCUT2D eigenvalue weighted by molar-refractivity contribution is 0.0700. The van der Waals surface area contributed by atoms with Gasteiger partial charge in [-0.1, -0.05) is 28.1 Å². The third-order valence-corrected chi connectivity index (χ3v) is 5.36. The molecule has 4 rings (SSSR count). The monoisotopic (exact) mass is 444 g/mol. The van der Waals surface area contributed by atoms with E-state index in [4.69, 9.17) is 4.42 Å². The van der Waals surface area contributed by atoms with E-state index in [1.54, 1.807) is 28.0 Å². The van der Waals surface area contributed by atoms with Gasteiger partial charge in [-0.25, -0.2) is 4.39 Å². The van der Waals surface area contributed by atoms with Crippen molar-refractivity contribution in [2.75, 3.05) is 26.2 Å². The molecule has 144 valence electrons. The first-order chi connectivity index (χ1) is 13.5. The summed E-state index contributed by atoms with van der Waals surface area (Å²) in [7, 11) is 0. The summed E-state index contributed by atoms with van der Waals surface area (Å²) in [5, 5.41) is 0.851. The normalized spacial score (nSPS) is 14.9. The van der Waals surface area contributed by atoms with Crippen molar-refractivity contribution in [1.82, 2.24) is 9.80 Å². The molecule has 0 saturated carbocycles. The highest BCUT2D eigenvalue weighted by molar-refractivity contribution is 9.10. The van der Waals surface area contributed by atoms with E-state index >= 15 is 0 Å². The number of fused-ring (bicyclic) bond motifs is 1. The maximum absolute atomic E-state index is 13.9. The number of carbonyl (C=O) groups is 2. The van der Waals surface area contributed by atoms with E-state index in [-0.39, 0.29) is 23.1 Å². The molecule has 7 heteroatoms. The van der Waals surface area contributed by atoms with E-state index in [2.05, 4.69) is 15.9 Å². The van der Waals surface area contributed by atoms with Crippen molar-refractivity contribution in [2.24, 2.45) is 0 Å². The van der Waals surface area contributed by atoms with Gasteiger partial charge in [0.2, 0.25) is 0 Å². The van der Waals surface area contributed by atoms with Crippen LogP contribution < -0.4 is 0 Å². The van der Waals surface area contributed by atoms with Crippen molar-refractivity contribution >= 4 is 38.7 Å². The number of hydrogen-bond donors (Lipinski definition) is 0. The summed E-state index contributed by atoms with van der Waals surface area (Å²) in [5.41, 5.74) is 0.711. The van der Waals surface area contributed by atoms with Crippen LogP contribution in [0.15, 0.2) is 57.4 Å². The second-order valence-corrected chi connectivity index (χ2v) is 7.63. The minimum atomic E-state index is -0.530. The molecule has 0 unspecified atom stereocenters. The molecule has 2 aromatic carbocycles. The molecule has 1 saturated heterocycles. The van der Waals surface area contributed by atoms with Gasteiger partial charge in [0, 0.05) is 36.0 Å².